The number of hydrogen-bond donors (Lipinski definition) is 0. The Morgan fingerprint density at radius 2 is 1.80 bits per heavy atom. The van der Waals surface area contributed by atoms with E-state index in [0.29, 0.717) is 13.2 Å². The number of aryl methyl sites for hydroxylation is 1. The maximum absolute atomic E-state index is 12.2. The molecular formula is C17H17NO2. The van der Waals surface area contributed by atoms with Crippen LogP contribution in [0.15, 0.2) is 48.5 Å². The summed E-state index contributed by atoms with van der Waals surface area (Å²) in [6.07, 6.45) is 0. The maximum atomic E-state index is 12.2. The van der Waals surface area contributed by atoms with Gasteiger partial charge in [0, 0.05) is 11.3 Å². The van der Waals surface area contributed by atoms with E-state index in [0.717, 1.165) is 16.8 Å². The van der Waals surface area contributed by atoms with Crippen LogP contribution in [0.2, 0.25) is 0 Å². The fraction of sp³-hybridized carbons (Fsp3) is 0.235. The van der Waals surface area contributed by atoms with Crippen molar-refractivity contribution < 1.29 is 9.53 Å². The molecule has 0 saturated carbocycles. The molecule has 20 heavy (non-hydrogen) atoms. The van der Waals surface area contributed by atoms with Gasteiger partial charge in [-0.25, -0.2) is 0 Å². The smallest absolute Gasteiger partial charge is 0.253 e. The number of nitrogens with zero attached hydrogens (tertiary/aromatic N) is 1. The zero-order chi connectivity index (χ0) is 13.9. The van der Waals surface area contributed by atoms with Gasteiger partial charge >= 0.3 is 0 Å². The summed E-state index contributed by atoms with van der Waals surface area (Å²) in [5, 5.41) is 0. The van der Waals surface area contributed by atoms with Crippen molar-refractivity contribution in [3.8, 4) is 0 Å². The molecule has 0 aromatic heterocycles. The highest BCUT2D eigenvalue weighted by Crippen LogP contribution is 2.26. The van der Waals surface area contributed by atoms with Crippen LogP contribution < -0.4 is 4.90 Å². The van der Waals surface area contributed by atoms with Gasteiger partial charge in [0.15, 0.2) is 0 Å². The molecule has 1 amide bonds. The SMILES string of the molecule is Cc1ccc(CN2C(=O)COCc3ccccc32)cc1. The first-order chi connectivity index (χ1) is 9.74. The lowest BCUT2D eigenvalue weighted by Gasteiger charge is -2.22. The van der Waals surface area contributed by atoms with Crippen LogP contribution in [0, 0.1) is 6.92 Å². The lowest BCUT2D eigenvalue weighted by Crippen LogP contribution is -2.32. The maximum Gasteiger partial charge on any atom is 0.253 e. The van der Waals surface area contributed by atoms with E-state index in [1.54, 1.807) is 0 Å². The van der Waals surface area contributed by atoms with Gasteiger partial charge in [0.2, 0.25) is 0 Å². The number of anilines is 1. The Morgan fingerprint density at radius 3 is 2.60 bits per heavy atom. The Morgan fingerprint density at radius 1 is 1.05 bits per heavy atom. The van der Waals surface area contributed by atoms with E-state index in [-0.39, 0.29) is 12.5 Å². The summed E-state index contributed by atoms with van der Waals surface area (Å²) in [5.41, 5.74) is 4.36. The van der Waals surface area contributed by atoms with Crippen molar-refractivity contribution in [1.29, 1.82) is 0 Å². The first-order valence-electron chi connectivity index (χ1n) is 6.75. The second-order valence-electron chi connectivity index (χ2n) is 5.09. The summed E-state index contributed by atoms with van der Waals surface area (Å²) in [6.45, 7) is 3.27. The number of carbonyl (C=O) groups excluding carboxylic acids is 1. The molecular weight excluding hydrogens is 250 g/mol. The second-order valence-corrected chi connectivity index (χ2v) is 5.09. The number of ether oxygens (including phenoxy) is 1. The summed E-state index contributed by atoms with van der Waals surface area (Å²) in [7, 11) is 0. The summed E-state index contributed by atoms with van der Waals surface area (Å²) in [4.78, 5) is 14.1. The Balaban J connectivity index is 1.94. The van der Waals surface area contributed by atoms with Crippen molar-refractivity contribution in [2.24, 2.45) is 0 Å². The molecule has 3 heteroatoms. The standard InChI is InChI=1S/C17H17NO2/c1-13-6-8-14(9-7-13)10-18-16-5-3-2-4-15(16)11-20-12-17(18)19/h2-9H,10-12H2,1H3. The predicted molar refractivity (Wildman–Crippen MR) is 78.5 cm³/mol. The van der Waals surface area contributed by atoms with Crippen LogP contribution in [0.1, 0.15) is 16.7 Å². The largest absolute Gasteiger partial charge is 0.367 e. The Labute approximate surface area is 118 Å². The molecule has 0 fully saturated rings. The minimum absolute atomic E-state index is 0.00975. The average Bonchev–Trinajstić information content (AvgIpc) is 2.62. The molecule has 0 bridgehead atoms. The summed E-state index contributed by atoms with van der Waals surface area (Å²) < 4.78 is 5.43. The number of rotatable bonds is 2. The van der Waals surface area contributed by atoms with Crippen LogP contribution >= 0.6 is 0 Å². The van der Waals surface area contributed by atoms with Crippen molar-refractivity contribution in [3.63, 3.8) is 0 Å². The third-order valence-electron chi connectivity index (χ3n) is 3.53. The second kappa shape index (κ2) is 5.47. The van der Waals surface area contributed by atoms with E-state index in [1.165, 1.54) is 5.56 Å². The third-order valence-corrected chi connectivity index (χ3v) is 3.53. The first-order valence-corrected chi connectivity index (χ1v) is 6.75. The topological polar surface area (TPSA) is 29.5 Å². The van der Waals surface area contributed by atoms with E-state index >= 15 is 0 Å². The van der Waals surface area contributed by atoms with Crippen LogP contribution in [-0.4, -0.2) is 12.5 Å². The average molecular weight is 267 g/mol. The van der Waals surface area contributed by atoms with Crippen LogP contribution in [0.25, 0.3) is 0 Å². The number of benzene rings is 2. The number of fused-ring (bicyclic) bond motifs is 1. The lowest BCUT2D eigenvalue weighted by atomic mass is 10.1. The van der Waals surface area contributed by atoms with Crippen LogP contribution in [-0.2, 0) is 22.7 Å². The predicted octanol–water partition coefficient (Wildman–Crippen LogP) is 3.06. The molecule has 1 heterocycles. The van der Waals surface area contributed by atoms with Gasteiger partial charge in [-0.3, -0.25) is 4.79 Å². The van der Waals surface area contributed by atoms with Crippen LogP contribution in [0.3, 0.4) is 0 Å². The number of hydrogen-bond acceptors (Lipinski definition) is 2. The van der Waals surface area contributed by atoms with Gasteiger partial charge in [0.25, 0.3) is 5.91 Å². The molecule has 2 aromatic rings. The fourth-order valence-corrected chi connectivity index (χ4v) is 2.41. The van der Waals surface area contributed by atoms with Gasteiger partial charge in [-0.2, -0.15) is 0 Å². The van der Waals surface area contributed by atoms with Crippen LogP contribution in [0.4, 0.5) is 5.69 Å². The number of carbonyl (C=O) groups is 1. The van der Waals surface area contributed by atoms with Crippen molar-refractivity contribution in [1.82, 2.24) is 0 Å². The molecule has 0 aliphatic carbocycles. The first kappa shape index (κ1) is 12.9. The van der Waals surface area contributed by atoms with E-state index < -0.39 is 0 Å². The van der Waals surface area contributed by atoms with Crippen LogP contribution in [0.5, 0.6) is 0 Å². The molecule has 3 rings (SSSR count). The Kier molecular flexibility index (Phi) is 3.52. The monoisotopic (exact) mass is 267 g/mol. The molecule has 0 atom stereocenters. The molecule has 0 N–H and O–H groups in total. The Bertz CT molecular complexity index is 619. The zero-order valence-electron chi connectivity index (χ0n) is 11.5. The lowest BCUT2D eigenvalue weighted by molar-refractivity contribution is -0.123. The van der Waals surface area contributed by atoms with Gasteiger partial charge in [0.05, 0.1) is 13.2 Å². The molecule has 1 aliphatic heterocycles. The highest BCUT2D eigenvalue weighted by Gasteiger charge is 2.22. The van der Waals surface area contributed by atoms with Gasteiger partial charge in [0.1, 0.15) is 6.61 Å². The Hall–Kier alpha value is -2.13. The highest BCUT2D eigenvalue weighted by molar-refractivity contribution is 5.95. The van der Waals surface area contributed by atoms with Crippen molar-refractivity contribution in [2.45, 2.75) is 20.1 Å². The normalized spacial score (nSPS) is 14.8. The highest BCUT2D eigenvalue weighted by atomic mass is 16.5. The molecule has 0 saturated heterocycles. The van der Waals surface area contributed by atoms with Gasteiger partial charge in [-0.1, -0.05) is 48.0 Å². The number of amides is 1. The summed E-state index contributed by atoms with van der Waals surface area (Å²) in [6, 6.07) is 16.2. The van der Waals surface area contributed by atoms with Gasteiger partial charge in [-0.05, 0) is 18.6 Å². The minimum atomic E-state index is 0.00975. The molecule has 1 aliphatic rings. The zero-order valence-corrected chi connectivity index (χ0v) is 11.5. The summed E-state index contributed by atoms with van der Waals surface area (Å²) in [5.74, 6) is 0.00975. The van der Waals surface area contributed by atoms with Crippen molar-refractivity contribution >= 4 is 11.6 Å². The number of para-hydroxylation sites is 1. The van der Waals surface area contributed by atoms with E-state index in [9.17, 15) is 4.79 Å². The van der Waals surface area contributed by atoms with Crippen molar-refractivity contribution in [2.75, 3.05) is 11.5 Å². The molecule has 0 radical (unpaired) electrons. The minimum Gasteiger partial charge on any atom is -0.367 e. The van der Waals surface area contributed by atoms with Gasteiger partial charge < -0.3 is 9.64 Å². The van der Waals surface area contributed by atoms with E-state index in [4.69, 9.17) is 4.74 Å². The van der Waals surface area contributed by atoms with E-state index in [2.05, 4.69) is 31.2 Å². The summed E-state index contributed by atoms with van der Waals surface area (Å²) >= 11 is 0. The van der Waals surface area contributed by atoms with E-state index in [1.807, 2.05) is 29.2 Å². The molecule has 102 valence electrons. The molecule has 0 spiro atoms. The molecule has 3 nitrogen and oxygen atoms in total. The fourth-order valence-electron chi connectivity index (χ4n) is 2.41. The quantitative estimate of drug-likeness (QED) is 0.837. The molecule has 0 unspecified atom stereocenters. The van der Waals surface area contributed by atoms with Gasteiger partial charge in [-0.15, -0.1) is 0 Å². The van der Waals surface area contributed by atoms with Crippen molar-refractivity contribution in [3.05, 3.63) is 65.2 Å². The molecule has 2 aromatic carbocycles. The third kappa shape index (κ3) is 2.58.